The second kappa shape index (κ2) is 9.33. The highest BCUT2D eigenvalue weighted by atomic mass is 16.6. The molecular weight excluding hydrogens is 312 g/mol. The molecule has 0 aliphatic carbocycles. The van der Waals surface area contributed by atoms with Crippen LogP contribution in [0.5, 0.6) is 0 Å². The summed E-state index contributed by atoms with van der Waals surface area (Å²) in [5, 5.41) is 14.8. The Hall–Kier alpha value is -2.20. The Kier molecular flexibility index (Phi) is 7.14. The van der Waals surface area contributed by atoms with Crippen LogP contribution in [0.2, 0.25) is 0 Å². The van der Waals surface area contributed by atoms with Crippen molar-refractivity contribution in [3.8, 4) is 0 Å². The van der Waals surface area contributed by atoms with Crippen molar-refractivity contribution in [2.45, 2.75) is 58.5 Å². The SMILES string of the molecule is CCCCCC(NC(C)c1ccc(C)cc1)c1cccc([N+](=O)[O-])c1. The van der Waals surface area contributed by atoms with E-state index in [1.54, 1.807) is 18.2 Å². The molecule has 0 radical (unpaired) electrons. The number of nitrogens with zero attached hydrogens (tertiary/aromatic N) is 1. The number of unbranched alkanes of at least 4 members (excludes halogenated alkanes) is 2. The highest BCUT2D eigenvalue weighted by Gasteiger charge is 2.17. The lowest BCUT2D eigenvalue weighted by molar-refractivity contribution is -0.384. The maximum Gasteiger partial charge on any atom is 0.269 e. The summed E-state index contributed by atoms with van der Waals surface area (Å²) in [4.78, 5) is 10.8. The number of benzene rings is 2. The monoisotopic (exact) mass is 340 g/mol. The van der Waals surface area contributed by atoms with E-state index in [0.717, 1.165) is 24.8 Å². The van der Waals surface area contributed by atoms with Gasteiger partial charge >= 0.3 is 0 Å². The first-order valence-electron chi connectivity index (χ1n) is 9.08. The summed E-state index contributed by atoms with van der Waals surface area (Å²) in [6, 6.07) is 15.8. The highest BCUT2D eigenvalue weighted by molar-refractivity contribution is 5.36. The first kappa shape index (κ1) is 19.1. The molecule has 2 unspecified atom stereocenters. The van der Waals surface area contributed by atoms with Crippen molar-refractivity contribution in [3.63, 3.8) is 0 Å². The van der Waals surface area contributed by atoms with Gasteiger partial charge in [0.2, 0.25) is 0 Å². The summed E-state index contributed by atoms with van der Waals surface area (Å²) in [7, 11) is 0. The molecule has 0 aliphatic heterocycles. The van der Waals surface area contributed by atoms with Crippen LogP contribution >= 0.6 is 0 Å². The van der Waals surface area contributed by atoms with Crippen LogP contribution in [0.25, 0.3) is 0 Å². The molecule has 0 bridgehead atoms. The smallest absolute Gasteiger partial charge is 0.269 e. The minimum atomic E-state index is -0.323. The third-order valence-electron chi connectivity index (χ3n) is 4.61. The maximum absolute atomic E-state index is 11.1. The van der Waals surface area contributed by atoms with E-state index in [0.29, 0.717) is 0 Å². The van der Waals surface area contributed by atoms with Crippen LogP contribution in [0.1, 0.15) is 68.3 Å². The molecule has 2 atom stereocenters. The first-order chi connectivity index (χ1) is 12.0. The van der Waals surface area contributed by atoms with Crippen LogP contribution in [0.3, 0.4) is 0 Å². The molecule has 4 nitrogen and oxygen atoms in total. The molecule has 0 fully saturated rings. The predicted octanol–water partition coefficient (Wildman–Crippen LogP) is 5.88. The Labute approximate surface area is 150 Å². The number of rotatable bonds is 9. The van der Waals surface area contributed by atoms with Crippen LogP contribution in [-0.4, -0.2) is 4.92 Å². The van der Waals surface area contributed by atoms with Crippen molar-refractivity contribution in [2.24, 2.45) is 0 Å². The molecule has 1 N–H and O–H groups in total. The number of nitro benzene ring substituents is 1. The van der Waals surface area contributed by atoms with Crippen molar-refractivity contribution in [2.75, 3.05) is 0 Å². The highest BCUT2D eigenvalue weighted by Crippen LogP contribution is 2.27. The number of nitrogens with one attached hydrogen (secondary N) is 1. The molecular formula is C21H28N2O2. The number of hydrogen-bond acceptors (Lipinski definition) is 3. The maximum atomic E-state index is 11.1. The summed E-state index contributed by atoms with van der Waals surface area (Å²) >= 11 is 0. The molecule has 25 heavy (non-hydrogen) atoms. The van der Waals surface area contributed by atoms with E-state index in [1.807, 2.05) is 6.07 Å². The fourth-order valence-electron chi connectivity index (χ4n) is 3.05. The van der Waals surface area contributed by atoms with Crippen molar-refractivity contribution in [1.82, 2.24) is 5.32 Å². The van der Waals surface area contributed by atoms with Gasteiger partial charge in [-0.1, -0.05) is 68.1 Å². The molecule has 0 spiro atoms. The van der Waals surface area contributed by atoms with Gasteiger partial charge in [0, 0.05) is 24.2 Å². The van der Waals surface area contributed by atoms with Crippen LogP contribution in [0.15, 0.2) is 48.5 Å². The largest absolute Gasteiger partial charge is 0.303 e. The van der Waals surface area contributed by atoms with Gasteiger partial charge in [-0.15, -0.1) is 0 Å². The van der Waals surface area contributed by atoms with Crippen molar-refractivity contribution in [1.29, 1.82) is 0 Å². The minimum Gasteiger partial charge on any atom is -0.303 e. The van der Waals surface area contributed by atoms with Gasteiger partial charge in [-0.2, -0.15) is 0 Å². The number of nitro groups is 1. The van der Waals surface area contributed by atoms with Gasteiger partial charge < -0.3 is 5.32 Å². The second-order valence-corrected chi connectivity index (χ2v) is 6.70. The molecule has 2 aromatic carbocycles. The van der Waals surface area contributed by atoms with Gasteiger partial charge in [0.05, 0.1) is 4.92 Å². The molecule has 0 aromatic heterocycles. The van der Waals surface area contributed by atoms with Gasteiger partial charge in [-0.25, -0.2) is 0 Å². The van der Waals surface area contributed by atoms with E-state index in [-0.39, 0.29) is 22.7 Å². The van der Waals surface area contributed by atoms with Gasteiger partial charge in [-0.3, -0.25) is 10.1 Å². The Morgan fingerprint density at radius 3 is 2.44 bits per heavy atom. The topological polar surface area (TPSA) is 55.2 Å². The summed E-state index contributed by atoms with van der Waals surface area (Å²) < 4.78 is 0. The van der Waals surface area contributed by atoms with Crippen LogP contribution in [0, 0.1) is 17.0 Å². The molecule has 0 heterocycles. The summed E-state index contributed by atoms with van der Waals surface area (Å²) in [5.41, 5.74) is 3.62. The Bertz CT molecular complexity index is 683. The third-order valence-corrected chi connectivity index (χ3v) is 4.61. The minimum absolute atomic E-state index is 0.114. The zero-order valence-electron chi connectivity index (χ0n) is 15.4. The van der Waals surface area contributed by atoms with Gasteiger partial charge in [0.1, 0.15) is 0 Å². The van der Waals surface area contributed by atoms with E-state index in [9.17, 15) is 10.1 Å². The summed E-state index contributed by atoms with van der Waals surface area (Å²) in [5.74, 6) is 0. The van der Waals surface area contributed by atoms with Crippen molar-refractivity contribution in [3.05, 3.63) is 75.3 Å². The van der Waals surface area contributed by atoms with E-state index in [4.69, 9.17) is 0 Å². The van der Waals surface area contributed by atoms with E-state index in [1.165, 1.54) is 17.5 Å². The quantitative estimate of drug-likeness (QED) is 0.352. The van der Waals surface area contributed by atoms with Gasteiger partial charge in [0.25, 0.3) is 5.69 Å². The second-order valence-electron chi connectivity index (χ2n) is 6.70. The van der Waals surface area contributed by atoms with Crippen molar-refractivity contribution >= 4 is 5.69 Å². The predicted molar refractivity (Wildman–Crippen MR) is 103 cm³/mol. The third kappa shape index (κ3) is 5.68. The lowest BCUT2D eigenvalue weighted by Crippen LogP contribution is -2.25. The molecule has 0 amide bonds. The van der Waals surface area contributed by atoms with Gasteiger partial charge in [-0.05, 0) is 31.4 Å². The first-order valence-corrected chi connectivity index (χ1v) is 9.08. The molecule has 0 saturated carbocycles. The Morgan fingerprint density at radius 1 is 1.08 bits per heavy atom. The van der Waals surface area contributed by atoms with E-state index < -0.39 is 0 Å². The molecule has 2 rings (SSSR count). The zero-order chi connectivity index (χ0) is 18.2. The molecule has 0 aliphatic rings. The summed E-state index contributed by atoms with van der Waals surface area (Å²) in [6.07, 6.45) is 4.42. The van der Waals surface area contributed by atoms with Gasteiger partial charge in [0.15, 0.2) is 0 Å². The van der Waals surface area contributed by atoms with Crippen LogP contribution in [-0.2, 0) is 0 Å². The Balaban J connectivity index is 2.18. The normalized spacial score (nSPS) is 13.4. The molecule has 0 saturated heterocycles. The van der Waals surface area contributed by atoms with E-state index in [2.05, 4.69) is 50.4 Å². The lowest BCUT2D eigenvalue weighted by Gasteiger charge is -2.24. The van der Waals surface area contributed by atoms with E-state index >= 15 is 0 Å². The molecule has 134 valence electrons. The average molecular weight is 340 g/mol. The molecule has 2 aromatic rings. The fraction of sp³-hybridized carbons (Fsp3) is 0.429. The van der Waals surface area contributed by atoms with Crippen LogP contribution < -0.4 is 5.32 Å². The fourth-order valence-corrected chi connectivity index (χ4v) is 3.05. The number of aryl methyl sites for hydroxylation is 1. The number of hydrogen-bond donors (Lipinski definition) is 1. The standard InChI is InChI=1S/C21H28N2O2/c1-4-5-6-10-21(19-8-7-9-20(15-19)23(24)25)22-17(3)18-13-11-16(2)12-14-18/h7-9,11-15,17,21-22H,4-6,10H2,1-3H3. The number of non-ortho nitro benzene ring substituents is 1. The van der Waals surface area contributed by atoms with Crippen LogP contribution in [0.4, 0.5) is 5.69 Å². The molecule has 4 heteroatoms. The average Bonchev–Trinajstić information content (AvgIpc) is 2.61. The Morgan fingerprint density at radius 2 is 1.80 bits per heavy atom. The zero-order valence-corrected chi connectivity index (χ0v) is 15.4. The summed E-state index contributed by atoms with van der Waals surface area (Å²) in [6.45, 7) is 6.41. The lowest BCUT2D eigenvalue weighted by atomic mass is 9.97. The van der Waals surface area contributed by atoms with Crippen molar-refractivity contribution < 1.29 is 4.92 Å².